The minimum Gasteiger partial charge on any atom is -0.393 e. The van der Waals surface area contributed by atoms with Crippen molar-refractivity contribution in [3.8, 4) is 0 Å². The van der Waals surface area contributed by atoms with Crippen molar-refractivity contribution in [2.45, 2.75) is 66.5 Å². The summed E-state index contributed by atoms with van der Waals surface area (Å²) < 4.78 is 2.18. The number of aliphatic hydroxyl groups is 1. The van der Waals surface area contributed by atoms with Gasteiger partial charge in [0.25, 0.3) is 0 Å². The van der Waals surface area contributed by atoms with Crippen molar-refractivity contribution in [2.75, 3.05) is 0 Å². The van der Waals surface area contributed by atoms with E-state index >= 15 is 0 Å². The van der Waals surface area contributed by atoms with Crippen molar-refractivity contribution in [2.24, 2.45) is 5.92 Å². The number of aryl methyl sites for hydroxylation is 2. The standard InChI is InChI=1S/C15H26N2O2/c1-6-13-12(5)16-15(7-2)17(13)9-10(3)14(19)8-11(4)18/h10-11,18H,6-9H2,1-5H3. The van der Waals surface area contributed by atoms with Crippen LogP contribution in [0.2, 0.25) is 0 Å². The van der Waals surface area contributed by atoms with E-state index in [-0.39, 0.29) is 18.1 Å². The number of imidazole rings is 1. The van der Waals surface area contributed by atoms with E-state index in [1.54, 1.807) is 6.92 Å². The molecule has 0 saturated heterocycles. The first-order chi connectivity index (χ1) is 8.90. The van der Waals surface area contributed by atoms with E-state index in [1.807, 2.05) is 13.8 Å². The van der Waals surface area contributed by atoms with Crippen LogP contribution in [-0.2, 0) is 24.2 Å². The summed E-state index contributed by atoms with van der Waals surface area (Å²) in [5, 5.41) is 9.30. The van der Waals surface area contributed by atoms with E-state index in [1.165, 1.54) is 5.69 Å². The van der Waals surface area contributed by atoms with Crippen LogP contribution in [0.15, 0.2) is 0 Å². The number of carbonyl (C=O) groups excluding carboxylic acids is 1. The molecule has 0 aliphatic heterocycles. The summed E-state index contributed by atoms with van der Waals surface area (Å²) in [6, 6.07) is 0. The predicted molar refractivity (Wildman–Crippen MR) is 76.2 cm³/mol. The van der Waals surface area contributed by atoms with E-state index in [0.717, 1.165) is 24.4 Å². The van der Waals surface area contributed by atoms with Crippen LogP contribution in [0.3, 0.4) is 0 Å². The molecular weight excluding hydrogens is 240 g/mol. The molecule has 0 bridgehead atoms. The number of hydrogen-bond donors (Lipinski definition) is 1. The minimum atomic E-state index is -0.559. The monoisotopic (exact) mass is 266 g/mol. The van der Waals surface area contributed by atoms with Gasteiger partial charge in [-0.3, -0.25) is 4.79 Å². The second-order valence-electron chi connectivity index (χ2n) is 5.30. The van der Waals surface area contributed by atoms with Gasteiger partial charge in [-0.2, -0.15) is 0 Å². The Morgan fingerprint density at radius 1 is 1.32 bits per heavy atom. The van der Waals surface area contributed by atoms with Crippen LogP contribution in [0.1, 0.15) is 51.3 Å². The van der Waals surface area contributed by atoms with Gasteiger partial charge in [-0.25, -0.2) is 4.98 Å². The van der Waals surface area contributed by atoms with Crippen LogP contribution in [0.5, 0.6) is 0 Å². The molecule has 1 N–H and O–H groups in total. The number of hydrogen-bond acceptors (Lipinski definition) is 3. The van der Waals surface area contributed by atoms with Crippen molar-refractivity contribution in [1.29, 1.82) is 0 Å². The molecule has 0 amide bonds. The zero-order chi connectivity index (χ0) is 14.6. The molecule has 1 aromatic heterocycles. The molecule has 1 heterocycles. The Morgan fingerprint density at radius 2 is 1.95 bits per heavy atom. The lowest BCUT2D eigenvalue weighted by molar-refractivity contribution is -0.124. The van der Waals surface area contributed by atoms with Crippen LogP contribution in [0, 0.1) is 12.8 Å². The topological polar surface area (TPSA) is 55.1 Å². The lowest BCUT2D eigenvalue weighted by Gasteiger charge is -2.16. The Kier molecular flexibility index (Phi) is 5.73. The third kappa shape index (κ3) is 3.90. The summed E-state index contributed by atoms with van der Waals surface area (Å²) in [6.45, 7) is 10.5. The molecule has 0 saturated carbocycles. The fourth-order valence-electron chi connectivity index (χ4n) is 2.47. The predicted octanol–water partition coefficient (Wildman–Crippen LogP) is 2.29. The van der Waals surface area contributed by atoms with Gasteiger partial charge in [0, 0.05) is 31.0 Å². The molecular formula is C15H26N2O2. The van der Waals surface area contributed by atoms with Gasteiger partial charge in [0.1, 0.15) is 11.6 Å². The average Bonchev–Trinajstić information content (AvgIpc) is 2.63. The molecule has 4 nitrogen and oxygen atoms in total. The fourth-order valence-corrected chi connectivity index (χ4v) is 2.47. The van der Waals surface area contributed by atoms with E-state index in [2.05, 4.69) is 23.4 Å². The normalized spacial score (nSPS) is 14.4. The molecule has 4 heteroatoms. The summed E-state index contributed by atoms with van der Waals surface area (Å²) in [5.41, 5.74) is 2.28. The van der Waals surface area contributed by atoms with Gasteiger partial charge in [-0.1, -0.05) is 20.8 Å². The summed E-state index contributed by atoms with van der Waals surface area (Å²) in [7, 11) is 0. The lowest BCUT2D eigenvalue weighted by atomic mass is 10.0. The highest BCUT2D eigenvalue weighted by molar-refractivity contribution is 5.81. The molecule has 108 valence electrons. The zero-order valence-corrected chi connectivity index (χ0v) is 12.7. The van der Waals surface area contributed by atoms with Gasteiger partial charge in [0.2, 0.25) is 0 Å². The Balaban J connectivity index is 2.89. The van der Waals surface area contributed by atoms with Crippen molar-refractivity contribution in [3.63, 3.8) is 0 Å². The maximum absolute atomic E-state index is 12.0. The maximum Gasteiger partial charge on any atom is 0.140 e. The van der Waals surface area contributed by atoms with Crippen LogP contribution in [0.4, 0.5) is 0 Å². The highest BCUT2D eigenvalue weighted by atomic mass is 16.3. The maximum atomic E-state index is 12.0. The highest BCUT2D eigenvalue weighted by Gasteiger charge is 2.19. The van der Waals surface area contributed by atoms with Crippen LogP contribution in [-0.4, -0.2) is 26.5 Å². The molecule has 2 unspecified atom stereocenters. The lowest BCUT2D eigenvalue weighted by Crippen LogP contribution is -2.23. The Bertz CT molecular complexity index is 436. The molecule has 1 rings (SSSR count). The number of aromatic nitrogens is 2. The molecule has 0 spiro atoms. The van der Waals surface area contributed by atoms with Gasteiger partial charge in [-0.15, -0.1) is 0 Å². The first-order valence-electron chi connectivity index (χ1n) is 7.16. The highest BCUT2D eigenvalue weighted by Crippen LogP contribution is 2.16. The summed E-state index contributed by atoms with van der Waals surface area (Å²) in [5.74, 6) is 1.08. The van der Waals surface area contributed by atoms with E-state index in [0.29, 0.717) is 6.54 Å². The zero-order valence-electron chi connectivity index (χ0n) is 12.7. The van der Waals surface area contributed by atoms with Crippen molar-refractivity contribution < 1.29 is 9.90 Å². The van der Waals surface area contributed by atoms with Gasteiger partial charge in [0.05, 0.1) is 11.8 Å². The van der Waals surface area contributed by atoms with Crippen LogP contribution in [0.25, 0.3) is 0 Å². The first kappa shape index (κ1) is 15.9. The molecule has 2 atom stereocenters. The Morgan fingerprint density at radius 3 is 2.42 bits per heavy atom. The molecule has 0 radical (unpaired) electrons. The largest absolute Gasteiger partial charge is 0.393 e. The molecule has 19 heavy (non-hydrogen) atoms. The summed E-state index contributed by atoms with van der Waals surface area (Å²) in [6.07, 6.45) is 1.47. The molecule has 0 aliphatic rings. The van der Waals surface area contributed by atoms with E-state index in [9.17, 15) is 9.90 Å². The van der Waals surface area contributed by atoms with Crippen molar-refractivity contribution >= 4 is 5.78 Å². The second kappa shape index (κ2) is 6.85. The van der Waals surface area contributed by atoms with Gasteiger partial charge in [-0.05, 0) is 20.3 Å². The number of Topliss-reactive ketones (excluding diaryl/α,β-unsaturated/α-hetero) is 1. The van der Waals surface area contributed by atoms with Crippen molar-refractivity contribution in [3.05, 3.63) is 17.2 Å². The third-order valence-corrected chi connectivity index (χ3v) is 3.51. The van der Waals surface area contributed by atoms with E-state index in [4.69, 9.17) is 0 Å². The van der Waals surface area contributed by atoms with Gasteiger partial charge < -0.3 is 9.67 Å². The SMILES string of the molecule is CCc1nc(C)c(CC)n1CC(C)C(=O)CC(C)O. The number of aliphatic hydroxyl groups excluding tert-OH is 1. The molecule has 1 aromatic rings. The Hall–Kier alpha value is -1.16. The number of ketones is 1. The second-order valence-corrected chi connectivity index (χ2v) is 5.30. The van der Waals surface area contributed by atoms with E-state index < -0.39 is 6.10 Å². The average molecular weight is 266 g/mol. The summed E-state index contributed by atoms with van der Waals surface area (Å²) >= 11 is 0. The van der Waals surface area contributed by atoms with Crippen molar-refractivity contribution in [1.82, 2.24) is 9.55 Å². The smallest absolute Gasteiger partial charge is 0.140 e. The summed E-state index contributed by atoms with van der Waals surface area (Å²) in [4.78, 5) is 16.5. The first-order valence-corrected chi connectivity index (χ1v) is 7.16. The number of nitrogens with zero attached hydrogens (tertiary/aromatic N) is 2. The quantitative estimate of drug-likeness (QED) is 0.824. The number of rotatable bonds is 7. The Labute approximate surface area is 115 Å². The fraction of sp³-hybridized carbons (Fsp3) is 0.733. The van der Waals surface area contributed by atoms with Gasteiger partial charge in [0.15, 0.2) is 0 Å². The van der Waals surface area contributed by atoms with Crippen LogP contribution >= 0.6 is 0 Å². The molecule has 0 aliphatic carbocycles. The molecule has 0 fully saturated rings. The number of carbonyl (C=O) groups is 1. The minimum absolute atomic E-state index is 0.0844. The third-order valence-electron chi connectivity index (χ3n) is 3.51. The molecule has 0 aromatic carbocycles. The van der Waals surface area contributed by atoms with Gasteiger partial charge >= 0.3 is 0 Å². The van der Waals surface area contributed by atoms with Crippen LogP contribution < -0.4 is 0 Å².